The van der Waals surface area contributed by atoms with E-state index in [0.717, 1.165) is 24.3 Å². The summed E-state index contributed by atoms with van der Waals surface area (Å²) in [4.78, 5) is 0. The maximum Gasteiger partial charge on any atom is 0.134 e. The highest BCUT2D eigenvalue weighted by molar-refractivity contribution is 5.82. The summed E-state index contributed by atoms with van der Waals surface area (Å²) in [5.74, 6) is 1.14. The second kappa shape index (κ2) is 5.84. The van der Waals surface area contributed by atoms with Gasteiger partial charge in [0.25, 0.3) is 0 Å². The van der Waals surface area contributed by atoms with Gasteiger partial charge in [0.1, 0.15) is 11.3 Å². The summed E-state index contributed by atoms with van der Waals surface area (Å²) in [6, 6.07) is 9.06. The third-order valence-electron chi connectivity index (χ3n) is 5.01. The zero-order chi connectivity index (χ0) is 14.9. The molecule has 0 spiro atoms. The first-order valence-electron chi connectivity index (χ1n) is 8.32. The molecule has 21 heavy (non-hydrogen) atoms. The van der Waals surface area contributed by atoms with Crippen molar-refractivity contribution in [3.63, 3.8) is 0 Å². The molecule has 0 aliphatic heterocycles. The maximum atomic E-state index is 5.98. The van der Waals surface area contributed by atoms with Gasteiger partial charge in [0.05, 0.1) is 0 Å². The first kappa shape index (κ1) is 14.6. The third kappa shape index (κ3) is 3.16. The molecule has 2 aromatic rings. The fourth-order valence-corrected chi connectivity index (χ4v) is 3.48. The van der Waals surface area contributed by atoms with Crippen molar-refractivity contribution in [2.75, 3.05) is 0 Å². The van der Waals surface area contributed by atoms with Crippen LogP contribution in [0, 0.1) is 5.41 Å². The molecule has 1 fully saturated rings. The van der Waals surface area contributed by atoms with Crippen LogP contribution in [0.2, 0.25) is 0 Å². The largest absolute Gasteiger partial charge is 0.461 e. The van der Waals surface area contributed by atoms with Gasteiger partial charge in [0, 0.05) is 30.0 Å². The lowest BCUT2D eigenvalue weighted by molar-refractivity contribution is 0.206. The summed E-state index contributed by atoms with van der Waals surface area (Å²) in [5, 5.41) is 5.04. The lowest BCUT2D eigenvalue weighted by Crippen LogP contribution is -2.35. The lowest BCUT2D eigenvalue weighted by atomic mass is 9.75. The normalized spacial score (nSPS) is 19.2. The van der Waals surface area contributed by atoms with Gasteiger partial charge in [0.2, 0.25) is 0 Å². The van der Waals surface area contributed by atoms with Gasteiger partial charge < -0.3 is 9.73 Å². The first-order chi connectivity index (χ1) is 10.1. The number of para-hydroxylation sites is 1. The molecule has 0 amide bonds. The number of fused-ring (bicyclic) bond motifs is 1. The van der Waals surface area contributed by atoms with E-state index >= 15 is 0 Å². The smallest absolute Gasteiger partial charge is 0.134 e. The van der Waals surface area contributed by atoms with Gasteiger partial charge in [-0.25, -0.2) is 0 Å². The van der Waals surface area contributed by atoms with E-state index in [4.69, 9.17) is 4.42 Å². The summed E-state index contributed by atoms with van der Waals surface area (Å²) in [7, 11) is 0. The zero-order valence-electron chi connectivity index (χ0n) is 13.5. The lowest BCUT2D eigenvalue weighted by Gasteiger charge is -2.34. The Labute approximate surface area is 127 Å². The molecule has 1 aromatic heterocycles. The average Bonchev–Trinajstić information content (AvgIpc) is 2.84. The Morgan fingerprint density at radius 3 is 2.62 bits per heavy atom. The monoisotopic (exact) mass is 285 g/mol. The highest BCUT2D eigenvalue weighted by Crippen LogP contribution is 2.35. The van der Waals surface area contributed by atoms with Crippen LogP contribution >= 0.6 is 0 Å². The van der Waals surface area contributed by atoms with Gasteiger partial charge in [-0.1, -0.05) is 39.0 Å². The topological polar surface area (TPSA) is 25.2 Å². The van der Waals surface area contributed by atoms with Gasteiger partial charge in [0.15, 0.2) is 0 Å². The number of hydrogen-bond donors (Lipinski definition) is 1. The minimum Gasteiger partial charge on any atom is -0.461 e. The van der Waals surface area contributed by atoms with Crippen molar-refractivity contribution in [2.45, 2.75) is 65.5 Å². The van der Waals surface area contributed by atoms with Crippen molar-refractivity contribution < 1.29 is 4.42 Å². The van der Waals surface area contributed by atoms with Crippen molar-refractivity contribution in [1.82, 2.24) is 5.32 Å². The highest BCUT2D eigenvalue weighted by Gasteiger charge is 2.26. The number of benzene rings is 1. The molecule has 0 bridgehead atoms. The SMILES string of the molecule is CCc1oc2ccccc2c1CNC1CCC(C)(C)CC1. The van der Waals surface area contributed by atoms with Gasteiger partial charge in [-0.15, -0.1) is 0 Å². The second-order valence-corrected chi connectivity index (χ2v) is 7.17. The van der Waals surface area contributed by atoms with E-state index < -0.39 is 0 Å². The van der Waals surface area contributed by atoms with Crippen molar-refractivity contribution in [3.8, 4) is 0 Å². The molecule has 2 heteroatoms. The fraction of sp³-hybridized carbons (Fsp3) is 0.579. The second-order valence-electron chi connectivity index (χ2n) is 7.17. The van der Waals surface area contributed by atoms with Crippen molar-refractivity contribution in [2.24, 2.45) is 5.41 Å². The maximum absolute atomic E-state index is 5.98. The van der Waals surface area contributed by atoms with Crippen LogP contribution in [0.4, 0.5) is 0 Å². The predicted molar refractivity (Wildman–Crippen MR) is 88.5 cm³/mol. The van der Waals surface area contributed by atoms with E-state index in [1.54, 1.807) is 0 Å². The number of rotatable bonds is 4. The molecule has 1 aromatic carbocycles. The zero-order valence-corrected chi connectivity index (χ0v) is 13.5. The Morgan fingerprint density at radius 1 is 1.19 bits per heavy atom. The van der Waals surface area contributed by atoms with E-state index in [-0.39, 0.29) is 0 Å². The van der Waals surface area contributed by atoms with Gasteiger partial charge >= 0.3 is 0 Å². The molecule has 1 heterocycles. The third-order valence-corrected chi connectivity index (χ3v) is 5.01. The molecule has 2 nitrogen and oxygen atoms in total. The Kier molecular flexibility index (Phi) is 4.08. The Balaban J connectivity index is 1.71. The van der Waals surface area contributed by atoms with Gasteiger partial charge in [-0.3, -0.25) is 0 Å². The van der Waals surface area contributed by atoms with Crippen molar-refractivity contribution >= 4 is 11.0 Å². The van der Waals surface area contributed by atoms with E-state index in [9.17, 15) is 0 Å². The summed E-state index contributed by atoms with van der Waals surface area (Å²) in [6.07, 6.45) is 6.22. The molecule has 1 saturated carbocycles. The Hall–Kier alpha value is -1.28. The van der Waals surface area contributed by atoms with Crippen LogP contribution in [0.5, 0.6) is 0 Å². The first-order valence-corrected chi connectivity index (χ1v) is 8.32. The number of furan rings is 1. The summed E-state index contributed by atoms with van der Waals surface area (Å²) < 4.78 is 5.98. The molecule has 1 N–H and O–H groups in total. The van der Waals surface area contributed by atoms with E-state index in [1.807, 2.05) is 6.07 Å². The summed E-state index contributed by atoms with van der Waals surface area (Å²) >= 11 is 0. The van der Waals surface area contributed by atoms with Crippen LogP contribution in [-0.4, -0.2) is 6.04 Å². The molecule has 0 unspecified atom stereocenters. The van der Waals surface area contributed by atoms with Crippen molar-refractivity contribution in [1.29, 1.82) is 0 Å². The van der Waals surface area contributed by atoms with E-state index in [0.29, 0.717) is 11.5 Å². The predicted octanol–water partition coefficient (Wildman–Crippen LogP) is 5.05. The number of nitrogens with one attached hydrogen (secondary N) is 1. The van der Waals surface area contributed by atoms with E-state index in [2.05, 4.69) is 44.3 Å². The molecule has 1 aliphatic carbocycles. The molecule has 0 atom stereocenters. The van der Waals surface area contributed by atoms with Crippen molar-refractivity contribution in [3.05, 3.63) is 35.6 Å². The van der Waals surface area contributed by atoms with Crippen LogP contribution in [0.15, 0.2) is 28.7 Å². The highest BCUT2D eigenvalue weighted by atomic mass is 16.3. The van der Waals surface area contributed by atoms with Crippen LogP contribution in [-0.2, 0) is 13.0 Å². The average molecular weight is 285 g/mol. The minimum absolute atomic E-state index is 0.537. The number of aryl methyl sites for hydroxylation is 1. The molecule has 0 saturated heterocycles. The summed E-state index contributed by atoms with van der Waals surface area (Å²) in [5.41, 5.74) is 2.92. The fourth-order valence-electron chi connectivity index (χ4n) is 3.48. The van der Waals surface area contributed by atoms with Crippen LogP contribution < -0.4 is 5.32 Å². The van der Waals surface area contributed by atoms with E-state index in [1.165, 1.54) is 36.6 Å². The van der Waals surface area contributed by atoms with Crippen LogP contribution in [0.3, 0.4) is 0 Å². The number of hydrogen-bond acceptors (Lipinski definition) is 2. The Bertz CT molecular complexity index is 601. The van der Waals surface area contributed by atoms with Crippen LogP contribution in [0.25, 0.3) is 11.0 Å². The van der Waals surface area contributed by atoms with Crippen LogP contribution in [0.1, 0.15) is 57.8 Å². The quantitative estimate of drug-likeness (QED) is 0.850. The Morgan fingerprint density at radius 2 is 1.90 bits per heavy atom. The van der Waals surface area contributed by atoms with Gasteiger partial charge in [-0.05, 0) is 37.2 Å². The minimum atomic E-state index is 0.537. The van der Waals surface area contributed by atoms with Gasteiger partial charge in [-0.2, -0.15) is 0 Å². The standard InChI is InChI=1S/C19H27NO/c1-4-17-16(15-7-5-6-8-18(15)21-17)13-20-14-9-11-19(2,3)12-10-14/h5-8,14,20H,4,9-13H2,1-3H3. The molecule has 1 aliphatic rings. The molecular formula is C19H27NO. The molecular weight excluding hydrogens is 258 g/mol. The molecule has 3 rings (SSSR count). The summed E-state index contributed by atoms with van der Waals surface area (Å²) in [6.45, 7) is 7.89. The molecule has 114 valence electrons. The molecule has 0 radical (unpaired) electrons.